The van der Waals surface area contributed by atoms with Gasteiger partial charge in [-0.15, -0.1) is 0 Å². The molecule has 1 amide bonds. The molecule has 0 unspecified atom stereocenters. The summed E-state index contributed by atoms with van der Waals surface area (Å²) in [5.74, 6) is -0.239. The third-order valence-corrected chi connectivity index (χ3v) is 5.53. The standard InChI is InChI=1S/C24H29N3O3/c1-4-18(3)27-23(29)20-12-8-9-13-21(20)26(24(27)30)16-22(28)25-17(2)14-15-19-10-6-5-7-11-19/h5-13,17-18H,4,14-16H2,1-3H3,(H,25,28)/t17-,18-/m1/s1. The third kappa shape index (κ3) is 4.70. The minimum atomic E-state index is -0.444. The maximum atomic E-state index is 13.1. The molecule has 1 heterocycles. The number of benzene rings is 2. The zero-order valence-corrected chi connectivity index (χ0v) is 17.8. The molecule has 0 saturated carbocycles. The summed E-state index contributed by atoms with van der Waals surface area (Å²) in [6, 6.07) is 16.8. The zero-order valence-electron chi connectivity index (χ0n) is 17.8. The maximum Gasteiger partial charge on any atom is 0.332 e. The van der Waals surface area contributed by atoms with Crippen molar-refractivity contribution in [1.29, 1.82) is 0 Å². The van der Waals surface area contributed by atoms with Crippen LogP contribution in [0.1, 0.15) is 45.2 Å². The van der Waals surface area contributed by atoms with Crippen LogP contribution in [0.25, 0.3) is 10.9 Å². The average Bonchev–Trinajstić information content (AvgIpc) is 2.76. The number of aromatic nitrogens is 2. The maximum absolute atomic E-state index is 13.1. The second kappa shape index (κ2) is 9.57. The van der Waals surface area contributed by atoms with Gasteiger partial charge in [0.15, 0.2) is 0 Å². The van der Waals surface area contributed by atoms with Crippen molar-refractivity contribution in [2.45, 2.75) is 58.7 Å². The van der Waals surface area contributed by atoms with Crippen LogP contribution < -0.4 is 16.6 Å². The van der Waals surface area contributed by atoms with Gasteiger partial charge < -0.3 is 5.32 Å². The Balaban J connectivity index is 1.81. The Morgan fingerprint density at radius 3 is 2.37 bits per heavy atom. The molecular weight excluding hydrogens is 378 g/mol. The zero-order chi connectivity index (χ0) is 21.7. The largest absolute Gasteiger partial charge is 0.352 e. The summed E-state index contributed by atoms with van der Waals surface area (Å²) in [4.78, 5) is 38.6. The molecule has 2 aromatic carbocycles. The average molecular weight is 408 g/mol. The first-order valence-corrected chi connectivity index (χ1v) is 10.5. The molecule has 0 aliphatic rings. The van der Waals surface area contributed by atoms with Crippen LogP contribution in [0, 0.1) is 0 Å². The SMILES string of the molecule is CC[C@@H](C)n1c(=O)c2ccccc2n(CC(=O)N[C@H](C)CCc2ccccc2)c1=O. The molecule has 0 fully saturated rings. The second-order valence-corrected chi connectivity index (χ2v) is 7.81. The van der Waals surface area contributed by atoms with Gasteiger partial charge in [0.1, 0.15) is 6.54 Å². The normalized spacial score (nSPS) is 13.2. The molecule has 1 aromatic heterocycles. The Labute approximate surface area is 176 Å². The fourth-order valence-corrected chi connectivity index (χ4v) is 3.63. The van der Waals surface area contributed by atoms with Gasteiger partial charge in [-0.25, -0.2) is 4.79 Å². The fourth-order valence-electron chi connectivity index (χ4n) is 3.63. The van der Waals surface area contributed by atoms with Crippen molar-refractivity contribution < 1.29 is 4.79 Å². The lowest BCUT2D eigenvalue weighted by atomic mass is 10.1. The molecule has 0 spiro atoms. The van der Waals surface area contributed by atoms with E-state index in [9.17, 15) is 14.4 Å². The van der Waals surface area contributed by atoms with Gasteiger partial charge in [0.2, 0.25) is 5.91 Å². The van der Waals surface area contributed by atoms with Crippen molar-refractivity contribution >= 4 is 16.8 Å². The molecular formula is C24H29N3O3. The van der Waals surface area contributed by atoms with Crippen molar-refractivity contribution in [2.24, 2.45) is 0 Å². The van der Waals surface area contributed by atoms with Crippen LogP contribution in [0.2, 0.25) is 0 Å². The van der Waals surface area contributed by atoms with Crippen molar-refractivity contribution in [3.8, 4) is 0 Å². The quantitative estimate of drug-likeness (QED) is 0.623. The Morgan fingerprint density at radius 1 is 1.00 bits per heavy atom. The molecule has 158 valence electrons. The number of hydrogen-bond acceptors (Lipinski definition) is 3. The Morgan fingerprint density at radius 2 is 1.67 bits per heavy atom. The minimum absolute atomic E-state index is 0.0276. The molecule has 6 nitrogen and oxygen atoms in total. The van der Waals surface area contributed by atoms with E-state index in [0.29, 0.717) is 17.3 Å². The van der Waals surface area contributed by atoms with Crippen LogP contribution in [-0.4, -0.2) is 21.1 Å². The highest BCUT2D eigenvalue weighted by molar-refractivity contribution is 5.81. The summed E-state index contributed by atoms with van der Waals surface area (Å²) in [6.45, 7) is 5.61. The van der Waals surface area contributed by atoms with Crippen LogP contribution in [0.15, 0.2) is 64.2 Å². The summed E-state index contributed by atoms with van der Waals surface area (Å²) < 4.78 is 2.66. The Hall–Kier alpha value is -3.15. The summed E-state index contributed by atoms with van der Waals surface area (Å²) in [6.07, 6.45) is 2.32. The van der Waals surface area contributed by atoms with Crippen LogP contribution in [0.5, 0.6) is 0 Å². The lowest BCUT2D eigenvalue weighted by Crippen LogP contribution is -2.44. The number of nitrogens with one attached hydrogen (secondary N) is 1. The molecule has 3 rings (SSSR count). The van der Waals surface area contributed by atoms with Crippen molar-refractivity contribution in [1.82, 2.24) is 14.5 Å². The Kier molecular flexibility index (Phi) is 6.87. The molecule has 6 heteroatoms. The highest BCUT2D eigenvalue weighted by Gasteiger charge is 2.18. The van der Waals surface area contributed by atoms with Crippen molar-refractivity contribution in [3.63, 3.8) is 0 Å². The lowest BCUT2D eigenvalue weighted by Gasteiger charge is -2.19. The van der Waals surface area contributed by atoms with Crippen molar-refractivity contribution in [3.05, 3.63) is 81.0 Å². The van der Waals surface area contributed by atoms with Crippen LogP contribution in [0.3, 0.4) is 0 Å². The first-order valence-electron chi connectivity index (χ1n) is 10.5. The highest BCUT2D eigenvalue weighted by atomic mass is 16.2. The first-order chi connectivity index (χ1) is 14.4. The lowest BCUT2D eigenvalue weighted by molar-refractivity contribution is -0.122. The van der Waals surface area contributed by atoms with E-state index in [2.05, 4.69) is 17.4 Å². The molecule has 0 bridgehead atoms. The number of carbonyl (C=O) groups is 1. The molecule has 0 aliphatic heterocycles. The summed E-state index contributed by atoms with van der Waals surface area (Å²) in [7, 11) is 0. The fraction of sp³-hybridized carbons (Fsp3) is 0.375. The molecule has 3 aromatic rings. The monoisotopic (exact) mass is 407 g/mol. The topological polar surface area (TPSA) is 73.1 Å². The van der Waals surface area contributed by atoms with E-state index >= 15 is 0 Å². The minimum Gasteiger partial charge on any atom is -0.352 e. The third-order valence-electron chi connectivity index (χ3n) is 5.53. The molecule has 2 atom stereocenters. The van der Waals surface area contributed by atoms with E-state index < -0.39 is 5.69 Å². The van der Waals surface area contributed by atoms with Gasteiger partial charge in [-0.05, 0) is 50.8 Å². The number of rotatable bonds is 8. The highest BCUT2D eigenvalue weighted by Crippen LogP contribution is 2.11. The van der Waals surface area contributed by atoms with E-state index in [4.69, 9.17) is 0 Å². The number of carbonyl (C=O) groups excluding carboxylic acids is 1. The molecule has 0 saturated heterocycles. The van der Waals surface area contributed by atoms with Crippen molar-refractivity contribution in [2.75, 3.05) is 0 Å². The van der Waals surface area contributed by atoms with Crippen LogP contribution in [-0.2, 0) is 17.8 Å². The van der Waals surface area contributed by atoms with E-state index in [1.54, 1.807) is 24.3 Å². The molecule has 1 N–H and O–H groups in total. The first kappa shape index (κ1) is 21.6. The number of nitrogens with zero attached hydrogens (tertiary/aromatic N) is 2. The van der Waals surface area contributed by atoms with Gasteiger partial charge in [-0.1, -0.05) is 49.4 Å². The van der Waals surface area contributed by atoms with Gasteiger partial charge in [0.05, 0.1) is 10.9 Å². The molecule has 30 heavy (non-hydrogen) atoms. The Bertz CT molecular complexity index is 1130. The van der Waals surface area contributed by atoms with E-state index in [1.165, 1.54) is 14.7 Å². The predicted octanol–water partition coefficient (Wildman–Crippen LogP) is 3.27. The van der Waals surface area contributed by atoms with Gasteiger partial charge >= 0.3 is 5.69 Å². The van der Waals surface area contributed by atoms with Gasteiger partial charge in [0.25, 0.3) is 5.56 Å². The van der Waals surface area contributed by atoms with Crippen LogP contribution in [0.4, 0.5) is 0 Å². The molecule has 0 radical (unpaired) electrons. The van der Waals surface area contributed by atoms with E-state index in [0.717, 1.165) is 12.8 Å². The summed E-state index contributed by atoms with van der Waals surface area (Å²) in [5, 5.41) is 3.43. The van der Waals surface area contributed by atoms with E-state index in [-0.39, 0.29) is 30.1 Å². The van der Waals surface area contributed by atoms with E-state index in [1.807, 2.05) is 39.0 Å². The summed E-state index contributed by atoms with van der Waals surface area (Å²) >= 11 is 0. The number of hydrogen-bond donors (Lipinski definition) is 1. The molecule has 0 aliphatic carbocycles. The van der Waals surface area contributed by atoms with Crippen LogP contribution >= 0.6 is 0 Å². The number of amides is 1. The number of aryl methyl sites for hydroxylation is 1. The van der Waals surface area contributed by atoms with Gasteiger partial charge in [-0.2, -0.15) is 0 Å². The van der Waals surface area contributed by atoms with Gasteiger partial charge in [-0.3, -0.25) is 18.7 Å². The van der Waals surface area contributed by atoms with Gasteiger partial charge in [0, 0.05) is 12.1 Å². The second-order valence-electron chi connectivity index (χ2n) is 7.81. The number of para-hydroxylation sites is 1. The predicted molar refractivity (Wildman–Crippen MR) is 120 cm³/mol. The summed E-state index contributed by atoms with van der Waals surface area (Å²) in [5.41, 5.74) is 0.957. The number of fused-ring (bicyclic) bond motifs is 1. The smallest absolute Gasteiger partial charge is 0.332 e.